The van der Waals surface area contributed by atoms with E-state index in [0.717, 1.165) is 25.0 Å². The molecule has 76 valence electrons. The molecule has 1 aromatic rings. The van der Waals surface area contributed by atoms with E-state index >= 15 is 0 Å². The molecule has 14 heavy (non-hydrogen) atoms. The van der Waals surface area contributed by atoms with Gasteiger partial charge in [0.05, 0.1) is 18.4 Å². The molecule has 5 nitrogen and oxygen atoms in total. The Kier molecular flexibility index (Phi) is 4.08. The van der Waals surface area contributed by atoms with Gasteiger partial charge in [0.15, 0.2) is 0 Å². The van der Waals surface area contributed by atoms with Crippen molar-refractivity contribution in [1.29, 1.82) is 5.26 Å². The highest BCUT2D eigenvalue weighted by molar-refractivity contribution is 5.10. The quantitative estimate of drug-likeness (QED) is 0.746. The lowest BCUT2D eigenvalue weighted by Gasteiger charge is -2.02. The van der Waals surface area contributed by atoms with Gasteiger partial charge < -0.3 is 5.11 Å². The molecule has 1 heterocycles. The smallest absolute Gasteiger partial charge is 0.130 e. The van der Waals surface area contributed by atoms with Crippen LogP contribution in [0.4, 0.5) is 0 Å². The standard InChI is InChI=1S/C9H14N4O/c1-2-3-4-9-8(7-14)11-12-13(9)6-5-10/h14H,2-4,6-7H2,1H3. The average molecular weight is 194 g/mol. The Hall–Kier alpha value is -1.41. The fourth-order valence-corrected chi connectivity index (χ4v) is 1.30. The molecule has 0 bridgehead atoms. The van der Waals surface area contributed by atoms with Crippen LogP contribution in [0, 0.1) is 11.3 Å². The molecule has 0 aliphatic carbocycles. The number of hydrogen-bond donors (Lipinski definition) is 1. The lowest BCUT2D eigenvalue weighted by Crippen LogP contribution is -2.05. The molecule has 1 rings (SSSR count). The number of aromatic nitrogens is 3. The van der Waals surface area contributed by atoms with Crippen molar-refractivity contribution in [3.8, 4) is 6.07 Å². The van der Waals surface area contributed by atoms with Crippen LogP contribution < -0.4 is 0 Å². The van der Waals surface area contributed by atoms with Crippen LogP contribution in [0.5, 0.6) is 0 Å². The average Bonchev–Trinajstić information content (AvgIpc) is 2.58. The van der Waals surface area contributed by atoms with E-state index in [4.69, 9.17) is 10.4 Å². The Morgan fingerprint density at radius 1 is 1.57 bits per heavy atom. The number of nitrogens with zero attached hydrogens (tertiary/aromatic N) is 4. The Morgan fingerprint density at radius 2 is 2.36 bits per heavy atom. The van der Waals surface area contributed by atoms with Gasteiger partial charge in [-0.15, -0.1) is 5.10 Å². The first-order valence-electron chi connectivity index (χ1n) is 4.72. The van der Waals surface area contributed by atoms with E-state index in [2.05, 4.69) is 17.2 Å². The highest BCUT2D eigenvalue weighted by atomic mass is 16.3. The van der Waals surface area contributed by atoms with Gasteiger partial charge in [-0.1, -0.05) is 18.6 Å². The van der Waals surface area contributed by atoms with Crippen LogP contribution in [-0.4, -0.2) is 20.1 Å². The summed E-state index contributed by atoms with van der Waals surface area (Å²) >= 11 is 0. The predicted octanol–water partition coefficient (Wildman–Crippen LogP) is 0.637. The highest BCUT2D eigenvalue weighted by Gasteiger charge is 2.10. The first-order chi connectivity index (χ1) is 6.83. The fraction of sp³-hybridized carbons (Fsp3) is 0.667. The normalized spacial score (nSPS) is 10.1. The summed E-state index contributed by atoms with van der Waals surface area (Å²) in [6.07, 6.45) is 2.91. The van der Waals surface area contributed by atoms with E-state index in [9.17, 15) is 0 Å². The van der Waals surface area contributed by atoms with Gasteiger partial charge in [-0.25, -0.2) is 4.68 Å². The zero-order valence-electron chi connectivity index (χ0n) is 8.27. The summed E-state index contributed by atoms with van der Waals surface area (Å²) in [5, 5.41) is 25.2. The maximum atomic E-state index is 9.00. The SMILES string of the molecule is CCCCc1c(CO)nnn1CC#N. The summed E-state index contributed by atoms with van der Waals surface area (Å²) in [5.74, 6) is 0. The molecule has 5 heteroatoms. The van der Waals surface area contributed by atoms with E-state index in [-0.39, 0.29) is 13.2 Å². The van der Waals surface area contributed by atoms with Gasteiger partial charge in [0.25, 0.3) is 0 Å². The Balaban J connectivity index is 2.83. The minimum Gasteiger partial charge on any atom is -0.390 e. The second-order valence-electron chi connectivity index (χ2n) is 3.06. The number of hydrogen-bond acceptors (Lipinski definition) is 4. The van der Waals surface area contributed by atoms with E-state index in [1.54, 1.807) is 4.68 Å². The predicted molar refractivity (Wildman–Crippen MR) is 50.2 cm³/mol. The number of aliphatic hydroxyl groups excluding tert-OH is 1. The third-order valence-corrected chi connectivity index (χ3v) is 2.06. The van der Waals surface area contributed by atoms with Crippen LogP contribution in [0.3, 0.4) is 0 Å². The summed E-state index contributed by atoms with van der Waals surface area (Å²) in [5.41, 5.74) is 1.48. The van der Waals surface area contributed by atoms with Crippen molar-refractivity contribution >= 4 is 0 Å². The molecule has 1 N–H and O–H groups in total. The third-order valence-electron chi connectivity index (χ3n) is 2.06. The monoisotopic (exact) mass is 194 g/mol. The third kappa shape index (κ3) is 2.30. The zero-order valence-corrected chi connectivity index (χ0v) is 8.27. The van der Waals surface area contributed by atoms with E-state index in [1.807, 2.05) is 6.07 Å². The van der Waals surface area contributed by atoms with Crippen molar-refractivity contribution in [1.82, 2.24) is 15.0 Å². The maximum Gasteiger partial charge on any atom is 0.130 e. The summed E-state index contributed by atoms with van der Waals surface area (Å²) in [6.45, 7) is 2.19. The van der Waals surface area contributed by atoms with Gasteiger partial charge in [0.2, 0.25) is 0 Å². The van der Waals surface area contributed by atoms with Crippen molar-refractivity contribution in [3.05, 3.63) is 11.4 Å². The number of aliphatic hydroxyl groups is 1. The van der Waals surface area contributed by atoms with Crippen molar-refractivity contribution in [3.63, 3.8) is 0 Å². The van der Waals surface area contributed by atoms with Crippen LogP contribution in [-0.2, 0) is 19.6 Å². The minimum absolute atomic E-state index is 0.107. The van der Waals surface area contributed by atoms with Gasteiger partial charge in [-0.3, -0.25) is 0 Å². The summed E-state index contributed by atoms with van der Waals surface area (Å²) in [6, 6.07) is 2.02. The van der Waals surface area contributed by atoms with Gasteiger partial charge in [-0.2, -0.15) is 5.26 Å². The number of nitriles is 1. The first-order valence-corrected chi connectivity index (χ1v) is 4.72. The van der Waals surface area contributed by atoms with Crippen molar-refractivity contribution < 1.29 is 5.11 Å². The van der Waals surface area contributed by atoms with E-state index < -0.39 is 0 Å². The maximum absolute atomic E-state index is 9.00. The van der Waals surface area contributed by atoms with Crippen LogP contribution in [0.25, 0.3) is 0 Å². The first kappa shape index (κ1) is 10.7. The molecule has 0 amide bonds. The summed E-state index contributed by atoms with van der Waals surface area (Å²) in [4.78, 5) is 0. The number of unbranched alkanes of at least 4 members (excludes halogenated alkanes) is 1. The molecule has 0 aliphatic heterocycles. The van der Waals surface area contributed by atoms with Crippen molar-refractivity contribution in [2.75, 3.05) is 0 Å². The Bertz CT molecular complexity index is 326. The van der Waals surface area contributed by atoms with Crippen molar-refractivity contribution in [2.45, 2.75) is 39.3 Å². The molecule has 0 atom stereocenters. The Morgan fingerprint density at radius 3 is 2.93 bits per heavy atom. The Labute approximate surface area is 83.0 Å². The van der Waals surface area contributed by atoms with Gasteiger partial charge >= 0.3 is 0 Å². The molecule has 0 unspecified atom stereocenters. The van der Waals surface area contributed by atoms with Crippen LogP contribution in [0.2, 0.25) is 0 Å². The second kappa shape index (κ2) is 5.35. The molecule has 0 aromatic carbocycles. The summed E-state index contributed by atoms with van der Waals surface area (Å²) < 4.78 is 1.56. The van der Waals surface area contributed by atoms with E-state index in [1.165, 1.54) is 0 Å². The molecular weight excluding hydrogens is 180 g/mol. The molecular formula is C9H14N4O. The number of rotatable bonds is 5. The van der Waals surface area contributed by atoms with Gasteiger partial charge in [0.1, 0.15) is 12.2 Å². The largest absolute Gasteiger partial charge is 0.390 e. The fourth-order valence-electron chi connectivity index (χ4n) is 1.30. The molecule has 0 aliphatic rings. The molecule has 0 spiro atoms. The van der Waals surface area contributed by atoms with Crippen molar-refractivity contribution in [2.24, 2.45) is 0 Å². The lowest BCUT2D eigenvalue weighted by molar-refractivity contribution is 0.275. The summed E-state index contributed by atoms with van der Waals surface area (Å²) in [7, 11) is 0. The molecule has 0 radical (unpaired) electrons. The van der Waals surface area contributed by atoms with Crippen LogP contribution in [0.1, 0.15) is 31.2 Å². The lowest BCUT2D eigenvalue weighted by atomic mass is 10.1. The van der Waals surface area contributed by atoms with E-state index in [0.29, 0.717) is 5.69 Å². The highest BCUT2D eigenvalue weighted by Crippen LogP contribution is 2.09. The minimum atomic E-state index is -0.107. The van der Waals surface area contributed by atoms with Gasteiger partial charge in [-0.05, 0) is 12.8 Å². The van der Waals surface area contributed by atoms with Crippen LogP contribution >= 0.6 is 0 Å². The molecule has 0 saturated carbocycles. The molecule has 1 aromatic heterocycles. The zero-order chi connectivity index (χ0) is 10.4. The topological polar surface area (TPSA) is 74.7 Å². The second-order valence-corrected chi connectivity index (χ2v) is 3.06. The molecule has 0 saturated heterocycles. The van der Waals surface area contributed by atoms with Crippen LogP contribution in [0.15, 0.2) is 0 Å². The molecule has 0 fully saturated rings. The van der Waals surface area contributed by atoms with Gasteiger partial charge in [0, 0.05) is 0 Å².